The molecule has 0 saturated carbocycles. The van der Waals surface area contributed by atoms with Crippen molar-refractivity contribution in [3.63, 3.8) is 0 Å². The number of aromatic carboxylic acids is 1. The van der Waals surface area contributed by atoms with Gasteiger partial charge in [-0.2, -0.15) is 0 Å². The van der Waals surface area contributed by atoms with Crippen LogP contribution in [0, 0.1) is 6.92 Å². The van der Waals surface area contributed by atoms with E-state index in [1.807, 2.05) is 13.0 Å². The van der Waals surface area contributed by atoms with E-state index in [1.54, 1.807) is 19.2 Å². The fourth-order valence-corrected chi connectivity index (χ4v) is 2.09. The van der Waals surface area contributed by atoms with Crippen LogP contribution in [0.1, 0.15) is 21.6 Å². The number of carbonyl (C=O) groups is 1. The van der Waals surface area contributed by atoms with Crippen LogP contribution in [0.15, 0.2) is 18.2 Å². The van der Waals surface area contributed by atoms with E-state index in [4.69, 9.17) is 10.5 Å². The Morgan fingerprint density at radius 3 is 2.74 bits per heavy atom. The minimum absolute atomic E-state index is 0.232. The van der Waals surface area contributed by atoms with Gasteiger partial charge in [0.2, 0.25) is 0 Å². The molecule has 5 nitrogen and oxygen atoms in total. The van der Waals surface area contributed by atoms with Crippen LogP contribution < -0.4 is 10.5 Å². The molecule has 1 aromatic carbocycles. The van der Waals surface area contributed by atoms with E-state index >= 15 is 0 Å². The predicted octanol–water partition coefficient (Wildman–Crippen LogP) is 1.75. The molecule has 0 saturated heterocycles. The Bertz CT molecular complexity index is 638. The van der Waals surface area contributed by atoms with Gasteiger partial charge in [0.25, 0.3) is 0 Å². The van der Waals surface area contributed by atoms with Gasteiger partial charge in [0.15, 0.2) is 0 Å². The molecule has 1 heterocycles. The van der Waals surface area contributed by atoms with Crippen LogP contribution in [0.3, 0.4) is 0 Å². The lowest BCUT2D eigenvalue weighted by atomic mass is 10.0. The number of ether oxygens (including phenoxy) is 1. The highest BCUT2D eigenvalue weighted by molar-refractivity contribution is 6.03. The van der Waals surface area contributed by atoms with E-state index in [1.165, 1.54) is 0 Å². The van der Waals surface area contributed by atoms with Crippen molar-refractivity contribution >= 4 is 16.9 Å². The quantitative estimate of drug-likeness (QED) is 0.874. The maximum Gasteiger partial charge on any atom is 0.336 e. The van der Waals surface area contributed by atoms with Crippen LogP contribution in [-0.4, -0.2) is 29.7 Å². The first-order valence-electron chi connectivity index (χ1n) is 5.98. The molecule has 0 aliphatic rings. The third-order valence-corrected chi connectivity index (χ3v) is 3.00. The number of methoxy groups -OCH3 is 1. The van der Waals surface area contributed by atoms with Gasteiger partial charge in [-0.15, -0.1) is 0 Å². The molecule has 0 bridgehead atoms. The average Bonchev–Trinajstić information content (AvgIpc) is 2.38. The number of nitrogens with zero attached hydrogens (tertiary/aromatic N) is 1. The summed E-state index contributed by atoms with van der Waals surface area (Å²) < 4.78 is 5.17. The molecule has 5 heteroatoms. The van der Waals surface area contributed by atoms with E-state index in [0.717, 1.165) is 5.56 Å². The van der Waals surface area contributed by atoms with Gasteiger partial charge in [-0.25, -0.2) is 4.79 Å². The summed E-state index contributed by atoms with van der Waals surface area (Å²) in [6, 6.07) is 5.12. The minimum Gasteiger partial charge on any atom is -0.497 e. The lowest BCUT2D eigenvalue weighted by Crippen LogP contribution is -2.08. The summed E-state index contributed by atoms with van der Waals surface area (Å²) in [5.74, 6) is -0.348. The lowest BCUT2D eigenvalue weighted by molar-refractivity contribution is 0.0699. The van der Waals surface area contributed by atoms with Gasteiger partial charge in [0.1, 0.15) is 5.75 Å². The molecular formula is C14H16N2O3. The smallest absolute Gasteiger partial charge is 0.336 e. The summed E-state index contributed by atoms with van der Waals surface area (Å²) in [6.07, 6.45) is 0.557. The highest BCUT2D eigenvalue weighted by Gasteiger charge is 2.14. The van der Waals surface area contributed by atoms with Crippen molar-refractivity contribution in [3.8, 4) is 5.75 Å². The molecule has 100 valence electrons. The highest BCUT2D eigenvalue weighted by atomic mass is 16.5. The maximum atomic E-state index is 11.4. The molecule has 0 amide bonds. The van der Waals surface area contributed by atoms with Crippen molar-refractivity contribution in [3.05, 3.63) is 35.0 Å². The van der Waals surface area contributed by atoms with E-state index in [-0.39, 0.29) is 5.56 Å². The van der Waals surface area contributed by atoms with Crippen molar-refractivity contribution < 1.29 is 14.6 Å². The largest absolute Gasteiger partial charge is 0.497 e. The van der Waals surface area contributed by atoms with Gasteiger partial charge in [-0.05, 0) is 37.2 Å². The third-order valence-electron chi connectivity index (χ3n) is 3.00. The number of aryl methyl sites for hydroxylation is 1. The van der Waals surface area contributed by atoms with Crippen molar-refractivity contribution in [2.24, 2.45) is 5.73 Å². The summed E-state index contributed by atoms with van der Waals surface area (Å²) in [5, 5.41) is 9.92. The first-order valence-corrected chi connectivity index (χ1v) is 5.98. The monoisotopic (exact) mass is 260 g/mol. The number of pyridine rings is 1. The molecule has 1 aromatic heterocycles. The number of carboxylic acid groups (broad SMARTS) is 1. The van der Waals surface area contributed by atoms with Crippen LogP contribution in [0.25, 0.3) is 10.9 Å². The minimum atomic E-state index is -0.974. The zero-order valence-corrected chi connectivity index (χ0v) is 10.9. The van der Waals surface area contributed by atoms with Gasteiger partial charge >= 0.3 is 5.97 Å². The Labute approximate surface area is 111 Å². The number of aromatic nitrogens is 1. The van der Waals surface area contributed by atoms with Crippen molar-refractivity contribution in [1.82, 2.24) is 4.98 Å². The second-order valence-corrected chi connectivity index (χ2v) is 4.35. The number of hydrogen-bond acceptors (Lipinski definition) is 4. The van der Waals surface area contributed by atoms with E-state index in [9.17, 15) is 9.90 Å². The first kappa shape index (κ1) is 13.3. The van der Waals surface area contributed by atoms with Crippen LogP contribution in [0.2, 0.25) is 0 Å². The van der Waals surface area contributed by atoms with Crippen LogP contribution in [0.5, 0.6) is 5.75 Å². The van der Waals surface area contributed by atoms with Gasteiger partial charge in [-0.1, -0.05) is 0 Å². The fourth-order valence-electron chi connectivity index (χ4n) is 2.09. The van der Waals surface area contributed by atoms with Crippen molar-refractivity contribution in [2.75, 3.05) is 13.7 Å². The summed E-state index contributed by atoms with van der Waals surface area (Å²) in [5.41, 5.74) is 8.00. The van der Waals surface area contributed by atoms with E-state index in [2.05, 4.69) is 4.98 Å². The summed E-state index contributed by atoms with van der Waals surface area (Å²) in [7, 11) is 1.55. The van der Waals surface area contributed by atoms with E-state index in [0.29, 0.717) is 35.3 Å². The molecule has 0 fully saturated rings. The summed E-state index contributed by atoms with van der Waals surface area (Å²) >= 11 is 0. The fraction of sp³-hybridized carbons (Fsp3) is 0.286. The molecule has 19 heavy (non-hydrogen) atoms. The normalized spacial score (nSPS) is 10.7. The number of fused-ring (bicyclic) bond motifs is 1. The van der Waals surface area contributed by atoms with Crippen molar-refractivity contribution in [1.29, 1.82) is 0 Å². The number of rotatable bonds is 4. The third kappa shape index (κ3) is 2.51. The van der Waals surface area contributed by atoms with Crippen LogP contribution >= 0.6 is 0 Å². The zero-order chi connectivity index (χ0) is 14.0. The molecule has 0 atom stereocenters. The first-order chi connectivity index (χ1) is 9.06. The van der Waals surface area contributed by atoms with E-state index < -0.39 is 5.97 Å². The summed E-state index contributed by atoms with van der Waals surface area (Å²) in [6.45, 7) is 2.32. The number of nitrogens with two attached hydrogens (primary N) is 1. The van der Waals surface area contributed by atoms with Crippen LogP contribution in [0.4, 0.5) is 0 Å². The molecule has 0 spiro atoms. The van der Waals surface area contributed by atoms with Crippen LogP contribution in [-0.2, 0) is 6.42 Å². The zero-order valence-electron chi connectivity index (χ0n) is 10.9. The van der Waals surface area contributed by atoms with Gasteiger partial charge in [-0.3, -0.25) is 4.98 Å². The Hall–Kier alpha value is -2.14. The SMILES string of the molecule is COc1cc(C)c2nc(CCN)cc(C(=O)O)c2c1. The molecule has 0 radical (unpaired) electrons. The summed E-state index contributed by atoms with van der Waals surface area (Å²) in [4.78, 5) is 15.9. The molecule has 0 aliphatic carbocycles. The number of benzene rings is 1. The maximum absolute atomic E-state index is 11.4. The Morgan fingerprint density at radius 2 is 2.16 bits per heavy atom. The van der Waals surface area contributed by atoms with Crippen molar-refractivity contribution in [2.45, 2.75) is 13.3 Å². The number of hydrogen-bond donors (Lipinski definition) is 2. The average molecular weight is 260 g/mol. The molecule has 2 aromatic rings. The Kier molecular flexibility index (Phi) is 3.66. The topological polar surface area (TPSA) is 85.4 Å². The Morgan fingerprint density at radius 1 is 1.42 bits per heavy atom. The lowest BCUT2D eigenvalue weighted by Gasteiger charge is -2.10. The molecule has 2 rings (SSSR count). The molecule has 0 unspecified atom stereocenters. The highest BCUT2D eigenvalue weighted by Crippen LogP contribution is 2.27. The molecule has 0 aliphatic heterocycles. The predicted molar refractivity (Wildman–Crippen MR) is 72.7 cm³/mol. The second-order valence-electron chi connectivity index (χ2n) is 4.35. The van der Waals surface area contributed by atoms with Gasteiger partial charge in [0, 0.05) is 17.5 Å². The molecular weight excluding hydrogens is 244 g/mol. The second kappa shape index (κ2) is 5.24. The number of carboxylic acids is 1. The Balaban J connectivity index is 2.78. The van der Waals surface area contributed by atoms with Gasteiger partial charge < -0.3 is 15.6 Å². The standard InChI is InChI=1S/C14H16N2O3/c1-8-5-10(19-2)7-11-12(14(17)18)6-9(3-4-15)16-13(8)11/h5-7H,3-4,15H2,1-2H3,(H,17,18). The molecule has 3 N–H and O–H groups in total. The van der Waals surface area contributed by atoms with Gasteiger partial charge in [0.05, 0.1) is 18.2 Å².